The fraction of sp³-hybridized carbons (Fsp3) is 0.105. The minimum atomic E-state index is -0.148. The van der Waals surface area contributed by atoms with E-state index in [-0.39, 0.29) is 5.91 Å². The van der Waals surface area contributed by atoms with Crippen molar-refractivity contribution in [3.63, 3.8) is 0 Å². The summed E-state index contributed by atoms with van der Waals surface area (Å²) in [5.41, 5.74) is 6.19. The first-order valence-electron chi connectivity index (χ1n) is 7.70. The number of aromatic nitrogens is 2. The lowest BCUT2D eigenvalue weighted by Gasteiger charge is -1.99. The number of hydrogen-bond acceptors (Lipinski definition) is 3. The van der Waals surface area contributed by atoms with Gasteiger partial charge in [0, 0.05) is 11.8 Å². The summed E-state index contributed by atoms with van der Waals surface area (Å²) in [5, 5.41) is 8.49. The molecule has 0 saturated carbocycles. The number of hydrazone groups is 1. The van der Waals surface area contributed by atoms with Gasteiger partial charge in [0.15, 0.2) is 0 Å². The van der Waals surface area contributed by atoms with Crippen LogP contribution in [0.2, 0.25) is 0 Å². The Bertz CT molecular complexity index is 838. The van der Waals surface area contributed by atoms with Gasteiger partial charge in [0.1, 0.15) is 0 Å². The molecule has 1 aromatic heterocycles. The molecule has 0 saturated heterocycles. The van der Waals surface area contributed by atoms with Crippen LogP contribution in [0.5, 0.6) is 0 Å². The Kier molecular flexibility index (Phi) is 4.81. The maximum Gasteiger partial charge on any atom is 0.244 e. The van der Waals surface area contributed by atoms with E-state index in [1.165, 1.54) is 0 Å². The Balaban J connectivity index is 1.63. The van der Waals surface area contributed by atoms with Crippen LogP contribution in [0, 0.1) is 6.92 Å². The maximum absolute atomic E-state index is 11.9. The molecular formula is C19H18N4O. The van der Waals surface area contributed by atoms with E-state index in [0.717, 1.165) is 22.5 Å². The topological polar surface area (TPSA) is 59.3 Å². The lowest BCUT2D eigenvalue weighted by molar-refractivity contribution is -0.120. The molecule has 0 aliphatic carbocycles. The molecule has 0 atom stereocenters. The lowest BCUT2D eigenvalue weighted by Crippen LogP contribution is -2.19. The highest BCUT2D eigenvalue weighted by Crippen LogP contribution is 2.10. The van der Waals surface area contributed by atoms with E-state index in [1.807, 2.05) is 73.8 Å². The molecule has 0 bridgehead atoms. The van der Waals surface area contributed by atoms with E-state index in [1.54, 1.807) is 10.9 Å². The molecule has 24 heavy (non-hydrogen) atoms. The predicted molar refractivity (Wildman–Crippen MR) is 94.2 cm³/mol. The third-order valence-electron chi connectivity index (χ3n) is 3.56. The largest absolute Gasteiger partial charge is 0.273 e. The fourth-order valence-corrected chi connectivity index (χ4v) is 2.31. The van der Waals surface area contributed by atoms with E-state index < -0.39 is 0 Å². The van der Waals surface area contributed by atoms with Gasteiger partial charge in [0.2, 0.25) is 5.91 Å². The number of nitrogens with zero attached hydrogens (tertiary/aromatic N) is 3. The first-order chi connectivity index (χ1) is 11.7. The number of hydrogen-bond donors (Lipinski definition) is 1. The van der Waals surface area contributed by atoms with Crippen LogP contribution in [-0.2, 0) is 11.2 Å². The van der Waals surface area contributed by atoms with Crippen LogP contribution < -0.4 is 5.43 Å². The zero-order chi connectivity index (χ0) is 16.8. The highest BCUT2D eigenvalue weighted by atomic mass is 16.2. The quantitative estimate of drug-likeness (QED) is 0.581. The van der Waals surface area contributed by atoms with Gasteiger partial charge in [0.05, 0.1) is 24.0 Å². The van der Waals surface area contributed by atoms with E-state index in [4.69, 9.17) is 0 Å². The van der Waals surface area contributed by atoms with Gasteiger partial charge in [0.25, 0.3) is 0 Å². The van der Waals surface area contributed by atoms with Gasteiger partial charge in [-0.2, -0.15) is 10.2 Å². The molecule has 0 aliphatic rings. The van der Waals surface area contributed by atoms with Gasteiger partial charge >= 0.3 is 0 Å². The molecule has 0 radical (unpaired) electrons. The van der Waals surface area contributed by atoms with E-state index in [9.17, 15) is 4.79 Å². The molecule has 1 N–H and O–H groups in total. The van der Waals surface area contributed by atoms with Crippen LogP contribution >= 0.6 is 0 Å². The summed E-state index contributed by atoms with van der Waals surface area (Å²) in [6.07, 6.45) is 3.81. The average Bonchev–Trinajstić information content (AvgIpc) is 2.98. The summed E-state index contributed by atoms with van der Waals surface area (Å²) in [7, 11) is 0. The SMILES string of the molecule is Cc1nn(-c2ccccc2)cc1/C=N/NC(=O)Cc1ccccc1. The summed E-state index contributed by atoms with van der Waals surface area (Å²) in [4.78, 5) is 11.9. The predicted octanol–water partition coefficient (Wildman–Crippen LogP) is 2.87. The third kappa shape index (κ3) is 3.95. The minimum Gasteiger partial charge on any atom is -0.273 e. The van der Waals surface area contributed by atoms with Crippen molar-refractivity contribution in [3.8, 4) is 5.69 Å². The smallest absolute Gasteiger partial charge is 0.244 e. The second-order valence-electron chi connectivity index (χ2n) is 5.41. The molecule has 5 nitrogen and oxygen atoms in total. The highest BCUT2D eigenvalue weighted by molar-refractivity contribution is 5.84. The van der Waals surface area contributed by atoms with Gasteiger partial charge in [-0.15, -0.1) is 0 Å². The van der Waals surface area contributed by atoms with Crippen molar-refractivity contribution in [2.45, 2.75) is 13.3 Å². The molecule has 0 fully saturated rings. The molecule has 2 aromatic carbocycles. The maximum atomic E-state index is 11.9. The Hall–Kier alpha value is -3.21. The van der Waals surface area contributed by atoms with Crippen LogP contribution in [0.3, 0.4) is 0 Å². The zero-order valence-electron chi connectivity index (χ0n) is 13.4. The molecule has 1 heterocycles. The minimum absolute atomic E-state index is 0.148. The van der Waals surface area contributed by atoms with Gasteiger partial charge in [-0.3, -0.25) is 4.79 Å². The first kappa shape index (κ1) is 15.7. The summed E-state index contributed by atoms with van der Waals surface area (Å²) >= 11 is 0. The summed E-state index contributed by atoms with van der Waals surface area (Å²) in [5.74, 6) is -0.148. The molecule has 120 valence electrons. The number of aryl methyl sites for hydroxylation is 1. The summed E-state index contributed by atoms with van der Waals surface area (Å²) in [6.45, 7) is 1.91. The van der Waals surface area contributed by atoms with Crippen LogP contribution in [0.25, 0.3) is 5.69 Å². The van der Waals surface area contributed by atoms with Crippen LogP contribution in [0.15, 0.2) is 72.0 Å². The summed E-state index contributed by atoms with van der Waals surface area (Å²) < 4.78 is 1.79. The second-order valence-corrected chi connectivity index (χ2v) is 5.41. The second kappa shape index (κ2) is 7.37. The van der Waals surface area contributed by atoms with E-state index in [0.29, 0.717) is 6.42 Å². The Labute approximate surface area is 140 Å². The summed E-state index contributed by atoms with van der Waals surface area (Å²) in [6, 6.07) is 19.4. The van der Waals surface area contributed by atoms with Crippen molar-refractivity contribution < 1.29 is 4.79 Å². The van der Waals surface area contributed by atoms with Gasteiger partial charge in [-0.1, -0.05) is 48.5 Å². The number of nitrogens with one attached hydrogen (secondary N) is 1. The lowest BCUT2D eigenvalue weighted by atomic mass is 10.1. The monoisotopic (exact) mass is 318 g/mol. The highest BCUT2D eigenvalue weighted by Gasteiger charge is 2.05. The fourth-order valence-electron chi connectivity index (χ4n) is 2.31. The number of carbonyl (C=O) groups excluding carboxylic acids is 1. The van der Waals surface area contributed by atoms with E-state index >= 15 is 0 Å². The molecule has 1 amide bonds. The molecule has 3 aromatic rings. The Morgan fingerprint density at radius 2 is 1.79 bits per heavy atom. The van der Waals surface area contributed by atoms with Crippen LogP contribution in [0.4, 0.5) is 0 Å². The number of rotatable bonds is 5. The van der Waals surface area contributed by atoms with Crippen molar-refractivity contribution >= 4 is 12.1 Å². The van der Waals surface area contributed by atoms with Crippen molar-refractivity contribution in [3.05, 3.63) is 83.7 Å². The van der Waals surface area contributed by atoms with Crippen LogP contribution in [-0.4, -0.2) is 21.9 Å². The Morgan fingerprint density at radius 3 is 2.50 bits per heavy atom. The molecular weight excluding hydrogens is 300 g/mol. The normalized spacial score (nSPS) is 10.9. The standard InChI is InChI=1S/C19H18N4O/c1-15-17(14-23(22-15)18-10-6-3-7-11-18)13-20-21-19(24)12-16-8-4-2-5-9-16/h2-11,13-14H,12H2,1H3,(H,21,24)/b20-13+. The molecule has 0 unspecified atom stereocenters. The Morgan fingerprint density at radius 1 is 1.12 bits per heavy atom. The van der Waals surface area contributed by atoms with E-state index in [2.05, 4.69) is 15.6 Å². The molecule has 0 aliphatic heterocycles. The number of benzene rings is 2. The number of para-hydroxylation sites is 1. The van der Waals surface area contributed by atoms with Gasteiger partial charge in [-0.25, -0.2) is 10.1 Å². The van der Waals surface area contributed by atoms with Crippen LogP contribution in [0.1, 0.15) is 16.8 Å². The number of carbonyl (C=O) groups is 1. The molecule has 0 spiro atoms. The number of amides is 1. The zero-order valence-corrected chi connectivity index (χ0v) is 13.4. The molecule has 3 rings (SSSR count). The first-order valence-corrected chi connectivity index (χ1v) is 7.70. The van der Waals surface area contributed by atoms with Crippen molar-refractivity contribution in [2.24, 2.45) is 5.10 Å². The third-order valence-corrected chi connectivity index (χ3v) is 3.56. The van der Waals surface area contributed by atoms with Crippen molar-refractivity contribution in [1.29, 1.82) is 0 Å². The van der Waals surface area contributed by atoms with Gasteiger partial charge < -0.3 is 0 Å². The molecule has 5 heteroatoms. The van der Waals surface area contributed by atoms with Crippen molar-refractivity contribution in [2.75, 3.05) is 0 Å². The average molecular weight is 318 g/mol. The van der Waals surface area contributed by atoms with Gasteiger partial charge in [-0.05, 0) is 24.6 Å². The van der Waals surface area contributed by atoms with Crippen molar-refractivity contribution in [1.82, 2.24) is 15.2 Å².